The van der Waals surface area contributed by atoms with E-state index in [2.05, 4.69) is 73.8 Å². The van der Waals surface area contributed by atoms with E-state index in [1.807, 2.05) is 0 Å². The fourth-order valence-electron chi connectivity index (χ4n) is 1.62. The highest BCUT2D eigenvalue weighted by molar-refractivity contribution is 6.74. The van der Waals surface area contributed by atoms with E-state index in [0.717, 1.165) is 12.8 Å². The molecule has 0 N–H and O–H groups in total. The minimum Gasteiger partial charge on any atom is -0.417 e. The summed E-state index contributed by atoms with van der Waals surface area (Å²) in [5.41, 5.74) is 0. The summed E-state index contributed by atoms with van der Waals surface area (Å²) in [7, 11) is -3.41. The molecule has 0 spiro atoms. The Morgan fingerprint density at radius 3 is 1.30 bits per heavy atom. The molecule has 0 aliphatic heterocycles. The van der Waals surface area contributed by atoms with Gasteiger partial charge in [-0.2, -0.15) is 5.26 Å². The van der Waals surface area contributed by atoms with Crippen LogP contribution in [-0.4, -0.2) is 29.8 Å². The Kier molecular flexibility index (Phi) is 8.23. The van der Waals surface area contributed by atoms with Crippen LogP contribution < -0.4 is 0 Å². The minimum atomic E-state index is -1.70. The van der Waals surface area contributed by atoms with Gasteiger partial charge in [0.2, 0.25) is 0 Å². The molecule has 0 radical (unpaired) electrons. The van der Waals surface area contributed by atoms with Gasteiger partial charge in [-0.05, 0) is 49.1 Å². The van der Waals surface area contributed by atoms with Crippen LogP contribution in [0.2, 0.25) is 36.3 Å². The molecule has 0 aromatic rings. The fourth-order valence-corrected chi connectivity index (χ4v) is 3.74. The van der Waals surface area contributed by atoms with Crippen molar-refractivity contribution in [2.75, 3.05) is 13.2 Å². The summed E-state index contributed by atoms with van der Waals surface area (Å²) in [6, 6.07) is 2.42. The largest absolute Gasteiger partial charge is 0.417 e. The second-order valence-electron chi connectivity index (χ2n) is 9.62. The quantitative estimate of drug-likeness (QED) is 0.504. The first-order valence-corrected chi connectivity index (χ1v) is 14.6. The molecule has 0 amide bonds. The first-order chi connectivity index (χ1) is 10.1. The number of hydrogen-bond acceptors (Lipinski definition) is 3. The maximum absolute atomic E-state index is 9.37. The van der Waals surface area contributed by atoms with E-state index in [1.54, 1.807) is 0 Å². The fraction of sp³-hybridized carbons (Fsp3) is 0.944. The summed E-state index contributed by atoms with van der Waals surface area (Å²) < 4.78 is 12.4. The molecular formula is C18H39NO2Si2. The molecule has 0 saturated carbocycles. The molecule has 0 aliphatic carbocycles. The summed E-state index contributed by atoms with van der Waals surface area (Å²) in [6.07, 6.45) is 1.62. The predicted octanol–water partition coefficient (Wildman–Crippen LogP) is 5.95. The molecule has 23 heavy (non-hydrogen) atoms. The molecular weight excluding hydrogens is 318 g/mol. The normalized spacial score (nSPS) is 14.2. The third-order valence-corrected chi connectivity index (χ3v) is 14.7. The maximum Gasteiger partial charge on any atom is 0.191 e. The zero-order chi connectivity index (χ0) is 18.5. The lowest BCUT2D eigenvalue weighted by Gasteiger charge is -2.37. The highest BCUT2D eigenvalue weighted by atomic mass is 28.4. The van der Waals surface area contributed by atoms with Crippen molar-refractivity contribution in [3.63, 3.8) is 0 Å². The molecule has 0 fully saturated rings. The van der Waals surface area contributed by atoms with E-state index in [1.165, 1.54) is 0 Å². The molecule has 0 unspecified atom stereocenters. The van der Waals surface area contributed by atoms with Crippen molar-refractivity contribution < 1.29 is 8.85 Å². The summed E-state index contributed by atoms with van der Waals surface area (Å²) in [5.74, 6) is 0.0320. The molecule has 5 heteroatoms. The molecule has 0 rings (SSSR count). The first kappa shape index (κ1) is 22.8. The molecule has 0 bridgehead atoms. The molecule has 0 aromatic heterocycles. The number of rotatable bonds is 8. The van der Waals surface area contributed by atoms with Gasteiger partial charge < -0.3 is 8.85 Å². The van der Waals surface area contributed by atoms with Gasteiger partial charge in [0.05, 0.1) is 12.0 Å². The van der Waals surface area contributed by atoms with E-state index < -0.39 is 16.6 Å². The summed E-state index contributed by atoms with van der Waals surface area (Å²) in [4.78, 5) is 0. The third kappa shape index (κ3) is 7.51. The van der Waals surface area contributed by atoms with Gasteiger partial charge in [-0.1, -0.05) is 41.5 Å². The molecule has 0 aliphatic rings. The van der Waals surface area contributed by atoms with Crippen LogP contribution in [0.5, 0.6) is 0 Å². The van der Waals surface area contributed by atoms with Gasteiger partial charge in [0.15, 0.2) is 16.6 Å². The van der Waals surface area contributed by atoms with Crippen LogP contribution in [0.25, 0.3) is 0 Å². The predicted molar refractivity (Wildman–Crippen MR) is 105 cm³/mol. The Balaban J connectivity index is 4.28. The van der Waals surface area contributed by atoms with Crippen molar-refractivity contribution in [2.45, 2.75) is 90.6 Å². The van der Waals surface area contributed by atoms with E-state index in [0.29, 0.717) is 13.2 Å². The lowest BCUT2D eigenvalue weighted by Crippen LogP contribution is -2.41. The van der Waals surface area contributed by atoms with Gasteiger partial charge >= 0.3 is 0 Å². The van der Waals surface area contributed by atoms with Crippen LogP contribution in [-0.2, 0) is 8.85 Å². The molecule has 0 aromatic carbocycles. The van der Waals surface area contributed by atoms with Gasteiger partial charge in [0.1, 0.15) is 0 Å². The van der Waals surface area contributed by atoms with Crippen LogP contribution >= 0.6 is 0 Å². The highest BCUT2D eigenvalue weighted by Gasteiger charge is 2.38. The Bertz CT molecular complexity index is 369. The van der Waals surface area contributed by atoms with Crippen molar-refractivity contribution in [1.82, 2.24) is 0 Å². The average molecular weight is 358 g/mol. The Labute approximate surface area is 147 Å². The molecule has 0 heterocycles. The summed E-state index contributed by atoms with van der Waals surface area (Å²) >= 11 is 0. The summed E-state index contributed by atoms with van der Waals surface area (Å²) in [6.45, 7) is 23.9. The maximum atomic E-state index is 9.37. The monoisotopic (exact) mass is 357 g/mol. The first-order valence-electron chi connectivity index (χ1n) is 8.81. The number of nitrogens with zero attached hydrogens (tertiary/aromatic N) is 1. The number of nitriles is 1. The van der Waals surface area contributed by atoms with Crippen LogP contribution in [0.15, 0.2) is 0 Å². The van der Waals surface area contributed by atoms with E-state index in [-0.39, 0.29) is 16.0 Å². The van der Waals surface area contributed by atoms with Crippen molar-refractivity contribution in [1.29, 1.82) is 5.26 Å². The van der Waals surface area contributed by atoms with Crippen molar-refractivity contribution in [3.05, 3.63) is 0 Å². The zero-order valence-electron chi connectivity index (χ0n) is 17.2. The van der Waals surface area contributed by atoms with Crippen molar-refractivity contribution in [2.24, 2.45) is 5.92 Å². The average Bonchev–Trinajstić information content (AvgIpc) is 2.33. The highest BCUT2D eigenvalue weighted by Crippen LogP contribution is 2.37. The van der Waals surface area contributed by atoms with E-state index in [4.69, 9.17) is 8.85 Å². The lowest BCUT2D eigenvalue weighted by molar-refractivity contribution is 0.236. The van der Waals surface area contributed by atoms with Gasteiger partial charge in [-0.3, -0.25) is 0 Å². The molecule has 0 atom stereocenters. The zero-order valence-corrected chi connectivity index (χ0v) is 19.2. The molecule has 3 nitrogen and oxygen atoms in total. The van der Waals surface area contributed by atoms with E-state index >= 15 is 0 Å². The van der Waals surface area contributed by atoms with Crippen molar-refractivity contribution in [3.8, 4) is 6.07 Å². The third-order valence-electron chi connectivity index (χ3n) is 5.65. The second kappa shape index (κ2) is 8.29. The SMILES string of the molecule is CC(C)(C)[Si](C)(C)OCCC(C#N)CCO[Si](C)(C)C(C)(C)C. The summed E-state index contributed by atoms with van der Waals surface area (Å²) in [5, 5.41) is 9.81. The van der Waals surface area contributed by atoms with Crippen LogP contribution in [0.1, 0.15) is 54.4 Å². The standard InChI is InChI=1S/C18H39NO2Si2/c1-17(2,3)22(7,8)20-13-11-16(15-19)12-14-21-23(9,10)18(4,5)6/h16H,11-14H2,1-10H3. The lowest BCUT2D eigenvalue weighted by atomic mass is 10.1. The molecule has 136 valence electrons. The van der Waals surface area contributed by atoms with Gasteiger partial charge in [-0.25, -0.2) is 0 Å². The van der Waals surface area contributed by atoms with Crippen LogP contribution in [0, 0.1) is 17.2 Å². The van der Waals surface area contributed by atoms with Crippen LogP contribution in [0.3, 0.4) is 0 Å². The van der Waals surface area contributed by atoms with Crippen LogP contribution in [0.4, 0.5) is 0 Å². The van der Waals surface area contributed by atoms with E-state index in [9.17, 15) is 5.26 Å². The molecule has 0 saturated heterocycles. The number of hydrogen-bond donors (Lipinski definition) is 0. The van der Waals surface area contributed by atoms with Crippen molar-refractivity contribution >= 4 is 16.6 Å². The Morgan fingerprint density at radius 1 is 0.783 bits per heavy atom. The topological polar surface area (TPSA) is 42.2 Å². The Morgan fingerprint density at radius 2 is 1.09 bits per heavy atom. The second-order valence-corrected chi connectivity index (χ2v) is 19.2. The Hall–Kier alpha value is -0.156. The minimum absolute atomic E-state index is 0.0320. The van der Waals surface area contributed by atoms with Gasteiger partial charge in [-0.15, -0.1) is 0 Å². The smallest absolute Gasteiger partial charge is 0.191 e. The van der Waals surface area contributed by atoms with Gasteiger partial charge in [0, 0.05) is 13.2 Å². The van der Waals surface area contributed by atoms with Gasteiger partial charge in [0.25, 0.3) is 0 Å².